The highest BCUT2D eigenvalue weighted by Crippen LogP contribution is 2.60. The highest BCUT2D eigenvalue weighted by molar-refractivity contribution is 8.40. The van der Waals surface area contributed by atoms with Crippen LogP contribution in [0.3, 0.4) is 0 Å². The van der Waals surface area contributed by atoms with Crippen molar-refractivity contribution >= 4 is 33.7 Å². The summed E-state index contributed by atoms with van der Waals surface area (Å²) >= 11 is 0. The average Bonchev–Trinajstić information content (AvgIpc) is 3.01. The fourth-order valence-corrected chi connectivity index (χ4v) is 7.21. The highest BCUT2D eigenvalue weighted by atomic mass is 32.3. The van der Waals surface area contributed by atoms with E-state index in [-0.39, 0.29) is 13.0 Å². The molecule has 11 heteroatoms. The number of phenols is 1. The summed E-state index contributed by atoms with van der Waals surface area (Å²) < 4.78 is 22.9. The van der Waals surface area contributed by atoms with E-state index in [1.54, 1.807) is 24.3 Å². The van der Waals surface area contributed by atoms with Gasteiger partial charge in [0.25, 0.3) is 5.91 Å². The molecule has 2 amide bonds. The number of imide groups is 1. The molecule has 5 rings (SSSR count). The summed E-state index contributed by atoms with van der Waals surface area (Å²) in [5, 5.41) is 10.5. The van der Waals surface area contributed by atoms with Crippen LogP contribution in [0.2, 0.25) is 0 Å². The Bertz CT molecular complexity index is 1410. The second-order valence-electron chi connectivity index (χ2n) is 10.2. The molecule has 0 aliphatic carbocycles. The maximum absolute atomic E-state index is 12.6. The van der Waals surface area contributed by atoms with Gasteiger partial charge in [0.1, 0.15) is 29.5 Å². The summed E-state index contributed by atoms with van der Waals surface area (Å²) in [6.45, 7) is 8.00. The van der Waals surface area contributed by atoms with Crippen LogP contribution < -0.4 is 14.8 Å². The molecule has 2 unspecified atom stereocenters. The van der Waals surface area contributed by atoms with Gasteiger partial charge in [-0.1, -0.05) is 12.1 Å². The van der Waals surface area contributed by atoms with Gasteiger partial charge < -0.3 is 22.9 Å². The third kappa shape index (κ3) is 4.71. The van der Waals surface area contributed by atoms with E-state index in [4.69, 9.17) is 17.8 Å². The lowest BCUT2D eigenvalue weighted by molar-refractivity contribution is -0.129. The first kappa shape index (κ1) is 26.6. The maximum atomic E-state index is 12.6. The molecule has 0 bridgehead atoms. The van der Waals surface area contributed by atoms with E-state index in [2.05, 4.69) is 5.32 Å². The van der Waals surface area contributed by atoms with Crippen LogP contribution in [-0.2, 0) is 35.6 Å². The molecule has 1 saturated heterocycles. The summed E-state index contributed by atoms with van der Waals surface area (Å²) in [5.41, 5.74) is 3.66. The Labute approximate surface area is 227 Å². The molecule has 39 heavy (non-hydrogen) atoms. The number of benzene rings is 2. The lowest BCUT2D eigenvalue weighted by Crippen LogP contribution is -2.42. The fourth-order valence-electron chi connectivity index (χ4n) is 4.94. The van der Waals surface area contributed by atoms with Gasteiger partial charge in [-0.15, -0.1) is 0 Å². The van der Waals surface area contributed by atoms with E-state index in [9.17, 15) is 24.3 Å². The minimum Gasteiger partial charge on any atom is -0.507 e. The number of nitrogens with one attached hydrogen (secondary N) is 1. The molecule has 1 spiro atoms. The maximum Gasteiger partial charge on any atom is 0.359 e. The van der Waals surface area contributed by atoms with Crippen LogP contribution in [0.4, 0.5) is 4.79 Å². The Balaban J connectivity index is 1.27. The van der Waals surface area contributed by atoms with Gasteiger partial charge in [-0.05, 0) is 85.5 Å². The molecule has 2 aromatic carbocycles. The zero-order valence-corrected chi connectivity index (χ0v) is 22.8. The monoisotopic (exact) mass is 555 g/mol. The van der Waals surface area contributed by atoms with Crippen molar-refractivity contribution in [1.82, 2.24) is 5.32 Å². The van der Waals surface area contributed by atoms with Crippen molar-refractivity contribution < 1.29 is 42.1 Å². The smallest absolute Gasteiger partial charge is 0.359 e. The van der Waals surface area contributed by atoms with Gasteiger partial charge in [-0.25, -0.2) is 14.4 Å². The molecular weight excluding hydrogens is 526 g/mol. The topological polar surface area (TPSA) is 137 Å². The van der Waals surface area contributed by atoms with Crippen molar-refractivity contribution in [1.29, 1.82) is 0 Å². The molecule has 2 atom stereocenters. The molecule has 0 aromatic heterocycles. The standard InChI is InChI=1S/C28H29NO9S/c1-15-16(2)25-20(17(3)24(15)32)11-12-28(4,36-25)14-35-19-7-5-18(6-8-19)13-21-26(33)29-27(34)39(21)37-22(30)9-10-23(31)38-39/h5-10,21,32H,11-14H2,1-4H3,(H,29,33,34). The van der Waals surface area contributed by atoms with Gasteiger partial charge in [0.05, 0.1) is 0 Å². The molecule has 1 fully saturated rings. The molecule has 10 nitrogen and oxygen atoms in total. The Morgan fingerprint density at radius 3 is 2.28 bits per heavy atom. The summed E-state index contributed by atoms with van der Waals surface area (Å²) in [6, 6.07) is 6.93. The first-order chi connectivity index (χ1) is 18.4. The lowest BCUT2D eigenvalue weighted by Gasteiger charge is -2.37. The molecule has 206 valence electrons. The SMILES string of the molecule is Cc1c(C)c2c(c(C)c1O)CCC(C)(COc1ccc(CC3C(=O)NC(=O)S34OC(=O)C=CC(=O)O4)cc1)O2. The molecule has 3 heterocycles. The number of carbonyl (C=O) groups excluding carboxylic acids is 4. The Morgan fingerprint density at radius 2 is 1.64 bits per heavy atom. The van der Waals surface area contributed by atoms with Gasteiger partial charge in [0, 0.05) is 24.1 Å². The van der Waals surface area contributed by atoms with Gasteiger partial charge >= 0.3 is 17.2 Å². The number of carbonyl (C=O) groups is 4. The Kier molecular flexibility index (Phi) is 6.58. The van der Waals surface area contributed by atoms with E-state index in [1.165, 1.54) is 0 Å². The van der Waals surface area contributed by atoms with Gasteiger partial charge in [-0.2, -0.15) is 0 Å². The number of fused-ring (bicyclic) bond motifs is 1. The predicted molar refractivity (Wildman–Crippen MR) is 142 cm³/mol. The van der Waals surface area contributed by atoms with E-state index in [0.29, 0.717) is 23.5 Å². The van der Waals surface area contributed by atoms with E-state index >= 15 is 0 Å². The van der Waals surface area contributed by atoms with Crippen LogP contribution in [-0.4, -0.2) is 45.6 Å². The number of hydrogen-bond donors (Lipinski definition) is 2. The molecule has 3 aliphatic heterocycles. The lowest BCUT2D eigenvalue weighted by atomic mass is 9.87. The molecule has 2 aromatic rings. The molecule has 0 radical (unpaired) electrons. The average molecular weight is 556 g/mol. The normalized spacial score (nSPS) is 24.3. The minimum atomic E-state index is -3.47. The fraction of sp³-hybridized carbons (Fsp3) is 0.357. The number of amides is 2. The van der Waals surface area contributed by atoms with Gasteiger partial charge in [0.2, 0.25) is 0 Å². The van der Waals surface area contributed by atoms with Crippen LogP contribution in [0.15, 0.2) is 36.4 Å². The summed E-state index contributed by atoms with van der Waals surface area (Å²) in [5.74, 6) is -0.829. The zero-order valence-electron chi connectivity index (χ0n) is 22.0. The first-order valence-corrected chi connectivity index (χ1v) is 14.0. The van der Waals surface area contributed by atoms with Crippen molar-refractivity contribution in [2.45, 2.75) is 57.8 Å². The predicted octanol–water partition coefficient (Wildman–Crippen LogP) is 3.93. The summed E-state index contributed by atoms with van der Waals surface area (Å²) in [4.78, 5) is 49.1. The van der Waals surface area contributed by atoms with E-state index < -0.39 is 44.5 Å². The van der Waals surface area contributed by atoms with Crippen LogP contribution in [0.5, 0.6) is 17.2 Å². The van der Waals surface area contributed by atoms with E-state index in [0.717, 1.165) is 46.6 Å². The van der Waals surface area contributed by atoms with Crippen molar-refractivity contribution in [2.24, 2.45) is 0 Å². The Hall–Kier alpha value is -3.99. The van der Waals surface area contributed by atoms with Crippen molar-refractivity contribution in [2.75, 3.05) is 6.61 Å². The Morgan fingerprint density at radius 1 is 1.00 bits per heavy atom. The summed E-state index contributed by atoms with van der Waals surface area (Å²) in [7, 11) is -3.47. The van der Waals surface area contributed by atoms with Crippen molar-refractivity contribution in [3.63, 3.8) is 0 Å². The number of hydrogen-bond acceptors (Lipinski definition) is 9. The molecule has 0 saturated carbocycles. The number of rotatable bonds is 5. The third-order valence-electron chi connectivity index (χ3n) is 7.40. The van der Waals surface area contributed by atoms with Crippen LogP contribution in [0.25, 0.3) is 0 Å². The highest BCUT2D eigenvalue weighted by Gasteiger charge is 2.55. The van der Waals surface area contributed by atoms with Gasteiger partial charge in [0.15, 0.2) is 5.25 Å². The minimum absolute atomic E-state index is 0.0101. The van der Waals surface area contributed by atoms with Crippen molar-refractivity contribution in [3.05, 3.63) is 64.2 Å². The zero-order chi connectivity index (χ0) is 28.1. The largest absolute Gasteiger partial charge is 0.507 e. The van der Waals surface area contributed by atoms with Crippen LogP contribution >= 0.6 is 10.6 Å². The number of phenolic OH excluding ortho intramolecular Hbond substituents is 1. The van der Waals surface area contributed by atoms with E-state index in [1.807, 2.05) is 27.7 Å². The van der Waals surface area contributed by atoms with Crippen LogP contribution in [0.1, 0.15) is 41.2 Å². The quantitative estimate of drug-likeness (QED) is 0.562. The summed E-state index contributed by atoms with van der Waals surface area (Å²) in [6.07, 6.45) is 3.21. The second kappa shape index (κ2) is 9.64. The number of aromatic hydroxyl groups is 1. The molecule has 2 N–H and O–H groups in total. The second-order valence-corrected chi connectivity index (χ2v) is 12.5. The molecular formula is C28H29NO9S. The van der Waals surface area contributed by atoms with Gasteiger partial charge in [-0.3, -0.25) is 10.1 Å². The first-order valence-electron chi connectivity index (χ1n) is 12.5. The molecule has 3 aliphatic rings. The number of ether oxygens (including phenoxy) is 2. The van der Waals surface area contributed by atoms with Crippen LogP contribution in [0, 0.1) is 20.8 Å². The van der Waals surface area contributed by atoms with Crippen molar-refractivity contribution in [3.8, 4) is 17.2 Å². The third-order valence-corrected chi connectivity index (χ3v) is 9.97.